The summed E-state index contributed by atoms with van der Waals surface area (Å²) in [5, 5.41) is 0. The Morgan fingerprint density at radius 2 is 1.78 bits per heavy atom. The number of amides is 3. The van der Waals surface area contributed by atoms with Gasteiger partial charge in [-0.1, -0.05) is 38.0 Å². The smallest absolute Gasteiger partial charge is 0.253 e. The predicted molar refractivity (Wildman–Crippen MR) is 103 cm³/mol. The van der Waals surface area contributed by atoms with Crippen molar-refractivity contribution in [2.45, 2.75) is 39.0 Å². The van der Waals surface area contributed by atoms with Crippen LogP contribution in [0.3, 0.4) is 0 Å². The summed E-state index contributed by atoms with van der Waals surface area (Å²) in [5.74, 6) is -0.783. The summed E-state index contributed by atoms with van der Waals surface area (Å²) < 4.78 is 0. The third-order valence-corrected chi connectivity index (χ3v) is 6.12. The van der Waals surface area contributed by atoms with E-state index >= 15 is 0 Å². The molecular weight excluding hydrogens is 340 g/mol. The lowest BCUT2D eigenvalue weighted by Crippen LogP contribution is -2.33. The van der Waals surface area contributed by atoms with Crippen LogP contribution < -0.4 is 4.90 Å². The van der Waals surface area contributed by atoms with Crippen LogP contribution in [0.2, 0.25) is 0 Å². The number of likely N-dealkylation sites (tertiary alicyclic amines) is 1. The Labute approximate surface area is 160 Å². The summed E-state index contributed by atoms with van der Waals surface area (Å²) in [5.41, 5.74) is 1.07. The Bertz CT molecular complexity index is 793. The number of imide groups is 1. The standard InChI is InChI=1S/C22H26N2O3/c1-15-8-6-11-18-19(15)22(27)24(21(18)26)17-10-7-9-16(14-17)20(25)23-12-4-2-3-5-13-23/h6-10,14-15,18-19H,2-5,11-13H2,1H3/t15-,18+,19+/m1/s1. The minimum Gasteiger partial charge on any atom is -0.339 e. The van der Waals surface area contributed by atoms with Gasteiger partial charge in [0.25, 0.3) is 5.91 Å². The number of anilines is 1. The lowest BCUT2D eigenvalue weighted by Gasteiger charge is -2.22. The van der Waals surface area contributed by atoms with E-state index in [1.54, 1.807) is 24.3 Å². The number of carbonyl (C=O) groups excluding carboxylic acids is 3. The first kappa shape index (κ1) is 18.0. The monoisotopic (exact) mass is 366 g/mol. The Balaban J connectivity index is 1.60. The van der Waals surface area contributed by atoms with E-state index in [2.05, 4.69) is 0 Å². The summed E-state index contributed by atoms with van der Waals surface area (Å²) in [6.45, 7) is 3.54. The Morgan fingerprint density at radius 3 is 2.48 bits per heavy atom. The van der Waals surface area contributed by atoms with E-state index in [1.165, 1.54) is 4.90 Å². The highest BCUT2D eigenvalue weighted by Crippen LogP contribution is 2.40. The van der Waals surface area contributed by atoms with Crippen molar-refractivity contribution in [2.24, 2.45) is 17.8 Å². The lowest BCUT2D eigenvalue weighted by molar-refractivity contribution is -0.122. The van der Waals surface area contributed by atoms with E-state index in [-0.39, 0.29) is 35.5 Å². The van der Waals surface area contributed by atoms with Gasteiger partial charge in [-0.15, -0.1) is 0 Å². The SMILES string of the molecule is C[C@@H]1C=CC[C@@H]2C(=O)N(c3cccc(C(=O)N4CCCCCC4)c3)C(=O)[C@@H]12. The van der Waals surface area contributed by atoms with E-state index in [9.17, 15) is 14.4 Å². The van der Waals surface area contributed by atoms with Crippen LogP contribution in [0.25, 0.3) is 0 Å². The van der Waals surface area contributed by atoms with Crippen molar-refractivity contribution in [2.75, 3.05) is 18.0 Å². The van der Waals surface area contributed by atoms with Crippen molar-refractivity contribution in [1.29, 1.82) is 0 Å². The van der Waals surface area contributed by atoms with Crippen LogP contribution in [0.5, 0.6) is 0 Å². The number of hydrogen-bond acceptors (Lipinski definition) is 3. The highest BCUT2D eigenvalue weighted by molar-refractivity contribution is 6.22. The molecule has 0 unspecified atom stereocenters. The van der Waals surface area contributed by atoms with Gasteiger partial charge in [-0.05, 0) is 43.4 Å². The zero-order chi connectivity index (χ0) is 19.0. The van der Waals surface area contributed by atoms with E-state index in [4.69, 9.17) is 0 Å². The van der Waals surface area contributed by atoms with Crippen LogP contribution in [0.4, 0.5) is 5.69 Å². The number of hydrogen-bond donors (Lipinski definition) is 0. The normalized spacial score (nSPS) is 28.3. The molecule has 2 fully saturated rings. The molecule has 3 aliphatic rings. The molecule has 142 valence electrons. The molecule has 5 nitrogen and oxygen atoms in total. The van der Waals surface area contributed by atoms with Crippen molar-refractivity contribution in [1.82, 2.24) is 4.90 Å². The molecule has 0 radical (unpaired) electrons. The first-order chi connectivity index (χ1) is 13.1. The van der Waals surface area contributed by atoms with Gasteiger partial charge in [0, 0.05) is 18.7 Å². The first-order valence-corrected chi connectivity index (χ1v) is 10.0. The molecule has 3 atom stereocenters. The van der Waals surface area contributed by atoms with Crippen LogP contribution in [0, 0.1) is 17.8 Å². The molecule has 0 aromatic heterocycles. The number of fused-ring (bicyclic) bond motifs is 1. The Kier molecular flexibility index (Phi) is 4.85. The van der Waals surface area contributed by atoms with Gasteiger partial charge in [-0.3, -0.25) is 19.3 Å². The molecule has 2 saturated heterocycles. The van der Waals surface area contributed by atoms with Gasteiger partial charge in [0.15, 0.2) is 0 Å². The predicted octanol–water partition coefficient (Wildman–Crippen LogP) is 3.40. The summed E-state index contributed by atoms with van der Waals surface area (Å²) >= 11 is 0. The molecule has 1 aromatic rings. The molecule has 2 aliphatic heterocycles. The fourth-order valence-corrected chi connectivity index (χ4v) is 4.64. The van der Waals surface area contributed by atoms with Crippen LogP contribution in [-0.2, 0) is 9.59 Å². The largest absolute Gasteiger partial charge is 0.339 e. The fourth-order valence-electron chi connectivity index (χ4n) is 4.64. The van der Waals surface area contributed by atoms with Crippen LogP contribution in [0.15, 0.2) is 36.4 Å². The Hall–Kier alpha value is -2.43. The van der Waals surface area contributed by atoms with Crippen LogP contribution in [0.1, 0.15) is 49.4 Å². The molecule has 27 heavy (non-hydrogen) atoms. The fraction of sp³-hybridized carbons (Fsp3) is 0.500. The molecule has 2 heterocycles. The van der Waals surface area contributed by atoms with E-state index in [0.29, 0.717) is 17.7 Å². The number of rotatable bonds is 2. The maximum atomic E-state index is 13.0. The van der Waals surface area contributed by atoms with Crippen LogP contribution in [-0.4, -0.2) is 35.7 Å². The Morgan fingerprint density at radius 1 is 1.04 bits per heavy atom. The molecule has 1 aromatic carbocycles. The summed E-state index contributed by atoms with van der Waals surface area (Å²) in [6.07, 6.45) is 9.02. The molecule has 0 bridgehead atoms. The van der Waals surface area contributed by atoms with Gasteiger partial charge in [0.05, 0.1) is 17.5 Å². The molecule has 0 saturated carbocycles. The third kappa shape index (κ3) is 3.20. The minimum absolute atomic E-state index is 0.00899. The molecule has 5 heteroatoms. The molecule has 0 N–H and O–H groups in total. The zero-order valence-corrected chi connectivity index (χ0v) is 15.8. The van der Waals surface area contributed by atoms with Gasteiger partial charge >= 0.3 is 0 Å². The van der Waals surface area contributed by atoms with Crippen molar-refractivity contribution in [3.8, 4) is 0 Å². The topological polar surface area (TPSA) is 57.7 Å². The molecule has 1 aliphatic carbocycles. The zero-order valence-electron chi connectivity index (χ0n) is 15.8. The minimum atomic E-state index is -0.285. The van der Waals surface area contributed by atoms with Gasteiger partial charge in [0.2, 0.25) is 11.8 Å². The van der Waals surface area contributed by atoms with Crippen molar-refractivity contribution >= 4 is 23.4 Å². The van der Waals surface area contributed by atoms with Crippen LogP contribution >= 0.6 is 0 Å². The second kappa shape index (κ2) is 7.29. The number of benzene rings is 1. The maximum Gasteiger partial charge on any atom is 0.253 e. The summed E-state index contributed by atoms with van der Waals surface area (Å²) in [7, 11) is 0. The van der Waals surface area contributed by atoms with E-state index in [0.717, 1.165) is 38.8 Å². The lowest BCUT2D eigenvalue weighted by atomic mass is 9.78. The molecule has 0 spiro atoms. The summed E-state index contributed by atoms with van der Waals surface area (Å²) in [4.78, 5) is 42.0. The average molecular weight is 366 g/mol. The van der Waals surface area contributed by atoms with E-state index < -0.39 is 0 Å². The van der Waals surface area contributed by atoms with Gasteiger partial charge in [-0.25, -0.2) is 0 Å². The molecular formula is C22H26N2O3. The second-order valence-corrected chi connectivity index (χ2v) is 7.92. The number of nitrogens with zero attached hydrogens (tertiary/aromatic N) is 2. The van der Waals surface area contributed by atoms with Crippen molar-refractivity contribution in [3.05, 3.63) is 42.0 Å². The van der Waals surface area contributed by atoms with Crippen molar-refractivity contribution in [3.63, 3.8) is 0 Å². The third-order valence-electron chi connectivity index (χ3n) is 6.12. The maximum absolute atomic E-state index is 13.0. The van der Waals surface area contributed by atoms with E-state index in [1.807, 2.05) is 24.0 Å². The van der Waals surface area contributed by atoms with Gasteiger partial charge in [0.1, 0.15) is 0 Å². The highest BCUT2D eigenvalue weighted by Gasteiger charge is 2.50. The molecule has 4 rings (SSSR count). The average Bonchev–Trinajstić information content (AvgIpc) is 2.86. The summed E-state index contributed by atoms with van der Waals surface area (Å²) in [6, 6.07) is 7.01. The second-order valence-electron chi connectivity index (χ2n) is 7.92. The number of allylic oxidation sites excluding steroid dienone is 2. The first-order valence-electron chi connectivity index (χ1n) is 10.0. The van der Waals surface area contributed by atoms with Gasteiger partial charge < -0.3 is 4.90 Å². The molecule has 3 amide bonds. The van der Waals surface area contributed by atoms with Crippen molar-refractivity contribution < 1.29 is 14.4 Å². The quantitative estimate of drug-likeness (QED) is 0.595. The van der Waals surface area contributed by atoms with Gasteiger partial charge in [-0.2, -0.15) is 0 Å². The number of carbonyl (C=O) groups is 3. The highest BCUT2D eigenvalue weighted by atomic mass is 16.2.